The number of benzene rings is 1. The molecule has 0 saturated carbocycles. The lowest BCUT2D eigenvalue weighted by Crippen LogP contribution is -1.89. The highest BCUT2D eigenvalue weighted by molar-refractivity contribution is 9.10. The van der Waals surface area contributed by atoms with Crippen molar-refractivity contribution in [1.29, 1.82) is 0 Å². The van der Waals surface area contributed by atoms with Crippen molar-refractivity contribution >= 4 is 15.9 Å². The summed E-state index contributed by atoms with van der Waals surface area (Å²) in [7, 11) is 0. The van der Waals surface area contributed by atoms with Crippen LogP contribution in [0.15, 0.2) is 47.2 Å². The normalized spacial score (nSPS) is 9.65. The quantitative estimate of drug-likeness (QED) is 0.801. The SMILES string of the molecule is C#CCc1ccc(Br)c(Oc2cccnc2)c1. The Labute approximate surface area is 109 Å². The summed E-state index contributed by atoms with van der Waals surface area (Å²) >= 11 is 3.44. The Hall–Kier alpha value is -1.79. The van der Waals surface area contributed by atoms with E-state index in [1.165, 1.54) is 0 Å². The van der Waals surface area contributed by atoms with Crippen molar-refractivity contribution < 1.29 is 4.74 Å². The van der Waals surface area contributed by atoms with E-state index in [0.717, 1.165) is 15.8 Å². The maximum absolute atomic E-state index is 5.72. The zero-order valence-electron chi connectivity index (χ0n) is 9.06. The standard InChI is InChI=1S/C14H10BrNO/c1-2-4-11-6-7-13(15)14(9-11)17-12-5-3-8-16-10-12/h1,3,5-10H,4H2. The second-order valence-corrected chi connectivity index (χ2v) is 4.29. The van der Waals surface area contributed by atoms with Crippen LogP contribution in [0.3, 0.4) is 0 Å². The molecule has 0 aliphatic rings. The molecule has 0 bridgehead atoms. The van der Waals surface area contributed by atoms with E-state index >= 15 is 0 Å². The summed E-state index contributed by atoms with van der Waals surface area (Å²) in [5, 5.41) is 0. The molecule has 3 heteroatoms. The number of nitrogens with zero attached hydrogens (tertiary/aromatic N) is 1. The zero-order chi connectivity index (χ0) is 12.1. The molecule has 2 nitrogen and oxygen atoms in total. The van der Waals surface area contributed by atoms with E-state index in [1.807, 2.05) is 30.3 Å². The van der Waals surface area contributed by atoms with Gasteiger partial charge in [-0.1, -0.05) is 6.07 Å². The molecule has 0 aliphatic carbocycles. The first-order valence-corrected chi connectivity index (χ1v) is 5.88. The minimum absolute atomic E-state index is 0.594. The molecule has 0 saturated heterocycles. The van der Waals surface area contributed by atoms with E-state index in [-0.39, 0.29) is 0 Å². The fourth-order valence-electron chi connectivity index (χ4n) is 1.39. The number of rotatable bonds is 3. The third-order valence-corrected chi connectivity index (χ3v) is 2.82. The fraction of sp³-hybridized carbons (Fsp3) is 0.0714. The monoisotopic (exact) mass is 287 g/mol. The fourth-order valence-corrected chi connectivity index (χ4v) is 1.72. The Morgan fingerprint density at radius 1 is 1.35 bits per heavy atom. The topological polar surface area (TPSA) is 22.1 Å². The lowest BCUT2D eigenvalue weighted by molar-refractivity contribution is 0.477. The molecule has 0 atom stereocenters. The Bertz CT molecular complexity index is 546. The first-order valence-electron chi connectivity index (χ1n) is 5.09. The predicted molar refractivity (Wildman–Crippen MR) is 71.0 cm³/mol. The van der Waals surface area contributed by atoms with Gasteiger partial charge in [0.25, 0.3) is 0 Å². The largest absolute Gasteiger partial charge is 0.455 e. The number of ether oxygens (including phenoxy) is 1. The minimum atomic E-state index is 0.594. The number of aromatic nitrogens is 1. The van der Waals surface area contributed by atoms with E-state index in [2.05, 4.69) is 26.8 Å². The summed E-state index contributed by atoms with van der Waals surface area (Å²) in [4.78, 5) is 4.00. The van der Waals surface area contributed by atoms with Gasteiger partial charge in [0.2, 0.25) is 0 Å². The molecule has 0 fully saturated rings. The lowest BCUT2D eigenvalue weighted by Gasteiger charge is -2.08. The molecule has 0 amide bonds. The number of halogens is 1. The van der Waals surface area contributed by atoms with Gasteiger partial charge in [0.05, 0.1) is 10.7 Å². The summed E-state index contributed by atoms with van der Waals surface area (Å²) in [6.07, 6.45) is 9.25. The Morgan fingerprint density at radius 3 is 2.94 bits per heavy atom. The predicted octanol–water partition coefficient (Wildman–Crippen LogP) is 3.81. The molecule has 1 aromatic heterocycles. The van der Waals surface area contributed by atoms with Crippen molar-refractivity contribution in [3.63, 3.8) is 0 Å². The molecule has 1 heterocycles. The van der Waals surface area contributed by atoms with Gasteiger partial charge in [-0.25, -0.2) is 0 Å². The second kappa shape index (κ2) is 5.51. The number of hydrogen-bond donors (Lipinski definition) is 0. The molecular formula is C14H10BrNO. The van der Waals surface area contributed by atoms with Crippen molar-refractivity contribution in [3.05, 3.63) is 52.8 Å². The van der Waals surface area contributed by atoms with Crippen LogP contribution in [-0.2, 0) is 6.42 Å². The summed E-state index contributed by atoms with van der Waals surface area (Å²) in [5.74, 6) is 4.05. The zero-order valence-corrected chi connectivity index (χ0v) is 10.6. The number of hydrogen-bond acceptors (Lipinski definition) is 2. The summed E-state index contributed by atoms with van der Waals surface area (Å²) in [5.41, 5.74) is 1.05. The second-order valence-electron chi connectivity index (χ2n) is 3.44. The highest BCUT2D eigenvalue weighted by atomic mass is 79.9. The van der Waals surface area contributed by atoms with Crippen molar-refractivity contribution in [2.24, 2.45) is 0 Å². The van der Waals surface area contributed by atoms with Gasteiger partial charge in [-0.2, -0.15) is 0 Å². The van der Waals surface area contributed by atoms with Crippen LogP contribution >= 0.6 is 15.9 Å². The van der Waals surface area contributed by atoms with Gasteiger partial charge in [-0.3, -0.25) is 4.98 Å². The maximum atomic E-state index is 5.72. The Balaban J connectivity index is 2.26. The van der Waals surface area contributed by atoms with Crippen LogP contribution in [0.25, 0.3) is 0 Å². The van der Waals surface area contributed by atoms with Crippen molar-refractivity contribution in [1.82, 2.24) is 4.98 Å². The van der Waals surface area contributed by atoms with E-state index in [9.17, 15) is 0 Å². The molecule has 2 aromatic rings. The lowest BCUT2D eigenvalue weighted by atomic mass is 10.1. The Kier molecular flexibility index (Phi) is 3.79. The van der Waals surface area contributed by atoms with Crippen LogP contribution < -0.4 is 4.74 Å². The number of pyridine rings is 1. The molecule has 1 aromatic carbocycles. The summed E-state index contributed by atoms with van der Waals surface area (Å²) < 4.78 is 6.61. The van der Waals surface area contributed by atoms with Crippen molar-refractivity contribution in [2.45, 2.75) is 6.42 Å². The van der Waals surface area contributed by atoms with Gasteiger partial charge in [0, 0.05) is 12.6 Å². The first-order chi connectivity index (χ1) is 8.29. The summed E-state index contributed by atoms with van der Waals surface area (Å²) in [6.45, 7) is 0. The van der Waals surface area contributed by atoms with Gasteiger partial charge in [0.1, 0.15) is 11.5 Å². The van der Waals surface area contributed by atoms with Crippen LogP contribution in [0.5, 0.6) is 11.5 Å². The number of terminal acetylenes is 1. The van der Waals surface area contributed by atoms with Crippen LogP contribution in [0.2, 0.25) is 0 Å². The van der Waals surface area contributed by atoms with Crippen molar-refractivity contribution in [2.75, 3.05) is 0 Å². The first kappa shape index (κ1) is 11.7. The summed E-state index contributed by atoms with van der Waals surface area (Å²) in [6, 6.07) is 9.51. The molecular weight excluding hydrogens is 278 g/mol. The van der Waals surface area contributed by atoms with Gasteiger partial charge >= 0.3 is 0 Å². The van der Waals surface area contributed by atoms with E-state index in [0.29, 0.717) is 12.2 Å². The molecule has 0 aliphatic heterocycles. The average molecular weight is 288 g/mol. The third kappa shape index (κ3) is 3.08. The highest BCUT2D eigenvalue weighted by Gasteiger charge is 2.04. The van der Waals surface area contributed by atoms with Gasteiger partial charge < -0.3 is 4.74 Å². The molecule has 0 unspecified atom stereocenters. The maximum Gasteiger partial charge on any atom is 0.145 e. The average Bonchev–Trinajstić information content (AvgIpc) is 2.35. The van der Waals surface area contributed by atoms with Gasteiger partial charge in [0.15, 0.2) is 0 Å². The Morgan fingerprint density at radius 2 is 2.24 bits per heavy atom. The van der Waals surface area contributed by atoms with Crippen LogP contribution in [-0.4, -0.2) is 4.98 Å². The molecule has 17 heavy (non-hydrogen) atoms. The highest BCUT2D eigenvalue weighted by Crippen LogP contribution is 2.30. The molecule has 0 radical (unpaired) electrons. The molecule has 0 N–H and O–H groups in total. The third-order valence-electron chi connectivity index (χ3n) is 2.16. The smallest absolute Gasteiger partial charge is 0.145 e. The van der Waals surface area contributed by atoms with Crippen LogP contribution in [0.4, 0.5) is 0 Å². The van der Waals surface area contributed by atoms with E-state index < -0.39 is 0 Å². The van der Waals surface area contributed by atoms with Crippen molar-refractivity contribution in [3.8, 4) is 23.8 Å². The molecule has 2 rings (SSSR count). The van der Waals surface area contributed by atoms with Gasteiger partial charge in [-0.05, 0) is 45.8 Å². The molecule has 0 spiro atoms. The van der Waals surface area contributed by atoms with Gasteiger partial charge in [-0.15, -0.1) is 12.3 Å². The van der Waals surface area contributed by atoms with Crippen LogP contribution in [0.1, 0.15) is 5.56 Å². The molecule has 84 valence electrons. The minimum Gasteiger partial charge on any atom is -0.455 e. The van der Waals surface area contributed by atoms with E-state index in [4.69, 9.17) is 11.2 Å². The van der Waals surface area contributed by atoms with E-state index in [1.54, 1.807) is 12.4 Å². The van der Waals surface area contributed by atoms with Crippen LogP contribution in [0, 0.1) is 12.3 Å².